The van der Waals surface area contributed by atoms with Crippen molar-refractivity contribution in [3.05, 3.63) is 35.9 Å². The lowest BCUT2D eigenvalue weighted by Crippen LogP contribution is -2.52. The van der Waals surface area contributed by atoms with Crippen LogP contribution in [0.4, 0.5) is 0 Å². The Kier molecular flexibility index (Phi) is 5.88. The van der Waals surface area contributed by atoms with Gasteiger partial charge in [0.25, 0.3) is 0 Å². The van der Waals surface area contributed by atoms with Crippen LogP contribution in [0, 0.1) is 23.7 Å². The van der Waals surface area contributed by atoms with E-state index in [1.807, 2.05) is 6.08 Å². The van der Waals surface area contributed by atoms with E-state index in [2.05, 4.69) is 11.2 Å². The zero-order valence-corrected chi connectivity index (χ0v) is 15.9. The molecule has 1 aliphatic heterocycles. The summed E-state index contributed by atoms with van der Waals surface area (Å²) < 4.78 is 10.8. The summed E-state index contributed by atoms with van der Waals surface area (Å²) in [5.41, 5.74) is -0.249. The molecule has 1 fully saturated rings. The molecule has 0 spiro atoms. The number of piperidine rings is 1. The summed E-state index contributed by atoms with van der Waals surface area (Å²) in [7, 11) is 0. The van der Waals surface area contributed by atoms with Crippen molar-refractivity contribution in [2.45, 2.75) is 39.2 Å². The average molecular weight is 384 g/mol. The Balaban J connectivity index is 1.91. The van der Waals surface area contributed by atoms with Gasteiger partial charge in [-0.15, -0.1) is 6.42 Å². The van der Waals surface area contributed by atoms with E-state index >= 15 is 0 Å². The highest BCUT2D eigenvalue weighted by Gasteiger charge is 2.55. The molecule has 1 saturated heterocycles. The minimum atomic E-state index is -0.909. The van der Waals surface area contributed by atoms with E-state index in [0.29, 0.717) is 24.3 Å². The van der Waals surface area contributed by atoms with Crippen LogP contribution in [0.25, 0.3) is 0 Å². The monoisotopic (exact) mass is 384 g/mol. The van der Waals surface area contributed by atoms with Gasteiger partial charge in [0.2, 0.25) is 11.8 Å². The fraction of sp³-hybridized carbons (Fsp3) is 0.476. The smallest absolute Gasteiger partial charge is 0.318 e. The Hall–Kier alpha value is -3.01. The molecule has 2 atom stereocenters. The van der Waals surface area contributed by atoms with Gasteiger partial charge < -0.3 is 19.4 Å². The summed E-state index contributed by atoms with van der Waals surface area (Å²) in [4.78, 5) is 39.9. The topological polar surface area (TPSA) is 88.8 Å². The number of terminal acetylenes is 1. The van der Waals surface area contributed by atoms with Gasteiger partial charge in [-0.25, -0.2) is 0 Å². The predicted molar refractivity (Wildman–Crippen MR) is 100 cm³/mol. The van der Waals surface area contributed by atoms with E-state index in [9.17, 15) is 14.4 Å². The molecule has 1 aromatic heterocycles. The van der Waals surface area contributed by atoms with Crippen LogP contribution in [-0.2, 0) is 25.7 Å². The number of esters is 1. The summed E-state index contributed by atoms with van der Waals surface area (Å²) >= 11 is 0. The van der Waals surface area contributed by atoms with Gasteiger partial charge >= 0.3 is 5.97 Å². The van der Waals surface area contributed by atoms with Crippen LogP contribution in [0.3, 0.4) is 0 Å². The molecule has 7 nitrogen and oxygen atoms in total. The number of carbonyl (C=O) groups excluding carboxylic acids is 3. The molecule has 1 N–H and O–H groups in total. The van der Waals surface area contributed by atoms with Crippen LogP contribution in [-0.4, -0.2) is 35.8 Å². The van der Waals surface area contributed by atoms with Gasteiger partial charge in [0.05, 0.1) is 26.0 Å². The van der Waals surface area contributed by atoms with Gasteiger partial charge in [0, 0.05) is 18.0 Å². The van der Waals surface area contributed by atoms with Crippen molar-refractivity contribution in [2.24, 2.45) is 11.3 Å². The zero-order valence-electron chi connectivity index (χ0n) is 15.9. The average Bonchev–Trinajstić information content (AvgIpc) is 3.33. The Morgan fingerprint density at radius 3 is 3.00 bits per heavy atom. The minimum absolute atomic E-state index is 0.0242. The number of nitrogens with one attached hydrogen (secondary N) is 1. The Bertz CT molecular complexity index is 820. The Labute approximate surface area is 164 Å². The third-order valence-corrected chi connectivity index (χ3v) is 5.28. The fourth-order valence-corrected chi connectivity index (χ4v) is 4.09. The zero-order chi connectivity index (χ0) is 20.1. The van der Waals surface area contributed by atoms with E-state index in [1.165, 1.54) is 6.26 Å². The second kappa shape index (κ2) is 8.34. The van der Waals surface area contributed by atoms with E-state index in [0.717, 1.165) is 0 Å². The highest BCUT2D eigenvalue weighted by Crippen LogP contribution is 2.51. The highest BCUT2D eigenvalue weighted by molar-refractivity contribution is 5.92. The number of fused-ring (bicyclic) bond motifs is 1. The first-order valence-electron chi connectivity index (χ1n) is 9.43. The Morgan fingerprint density at radius 2 is 2.32 bits per heavy atom. The molecule has 1 aliphatic carbocycles. The molecular formula is C21H24N2O5. The summed E-state index contributed by atoms with van der Waals surface area (Å²) in [5, 5.41) is 2.59. The second-order valence-electron chi connectivity index (χ2n) is 7.02. The number of furan rings is 1. The molecular weight excluding hydrogens is 360 g/mol. The molecule has 2 aliphatic rings. The van der Waals surface area contributed by atoms with Crippen molar-refractivity contribution in [2.75, 3.05) is 13.2 Å². The van der Waals surface area contributed by atoms with Crippen molar-refractivity contribution in [3.8, 4) is 12.3 Å². The van der Waals surface area contributed by atoms with E-state index in [-0.39, 0.29) is 50.3 Å². The van der Waals surface area contributed by atoms with Gasteiger partial charge in [-0.05, 0) is 38.3 Å². The third-order valence-electron chi connectivity index (χ3n) is 5.28. The first-order valence-corrected chi connectivity index (χ1v) is 9.43. The number of rotatable bonds is 7. The maximum atomic E-state index is 13.2. The number of hydrogen-bond donors (Lipinski definition) is 1. The number of amides is 2. The van der Waals surface area contributed by atoms with Gasteiger partial charge in [-0.3, -0.25) is 14.4 Å². The van der Waals surface area contributed by atoms with Crippen LogP contribution in [0.2, 0.25) is 0 Å². The molecule has 0 radical (unpaired) electrons. The molecule has 28 heavy (non-hydrogen) atoms. The number of nitrogens with zero attached hydrogens (tertiary/aromatic N) is 1. The third kappa shape index (κ3) is 3.68. The standard InChI is InChI=1S/C21H24N2O5/c1-3-10-22-18(24)12-15-13-21(20(26)27-4-2)9-5-8-17(21)23(19(15)25)14-16-7-6-11-28-16/h1,6-8,11,15H,4-5,9-10,12-14H2,2H3,(H,22,24)/t15-,21+/m1/s1. The summed E-state index contributed by atoms with van der Waals surface area (Å²) in [6, 6.07) is 3.52. The molecule has 2 heterocycles. The summed E-state index contributed by atoms with van der Waals surface area (Å²) in [6.45, 7) is 2.32. The molecule has 3 rings (SSSR count). The SMILES string of the molecule is C#CCNC(=O)C[C@@H]1C[C@@]2(C(=O)OCC)CCC=C2N(Cc2ccco2)C1=O. The lowest BCUT2D eigenvalue weighted by Gasteiger charge is -2.43. The van der Waals surface area contributed by atoms with Crippen molar-refractivity contribution < 1.29 is 23.5 Å². The van der Waals surface area contributed by atoms with E-state index in [1.54, 1.807) is 24.0 Å². The lowest BCUT2D eigenvalue weighted by molar-refractivity contribution is -0.161. The van der Waals surface area contributed by atoms with Crippen molar-refractivity contribution >= 4 is 17.8 Å². The van der Waals surface area contributed by atoms with Crippen LogP contribution in [0.15, 0.2) is 34.6 Å². The second-order valence-corrected chi connectivity index (χ2v) is 7.02. The fourth-order valence-electron chi connectivity index (χ4n) is 4.09. The summed E-state index contributed by atoms with van der Waals surface area (Å²) in [5.74, 6) is 1.47. The van der Waals surface area contributed by atoms with E-state index < -0.39 is 11.3 Å². The number of likely N-dealkylation sites (tertiary alicyclic amines) is 1. The highest BCUT2D eigenvalue weighted by atomic mass is 16.5. The maximum absolute atomic E-state index is 13.2. The van der Waals surface area contributed by atoms with Crippen molar-refractivity contribution in [3.63, 3.8) is 0 Å². The molecule has 7 heteroatoms. The maximum Gasteiger partial charge on any atom is 0.318 e. The van der Waals surface area contributed by atoms with Crippen molar-refractivity contribution in [1.29, 1.82) is 0 Å². The summed E-state index contributed by atoms with van der Waals surface area (Å²) in [6.07, 6.45) is 10.1. The van der Waals surface area contributed by atoms with Gasteiger partial charge in [-0.2, -0.15) is 0 Å². The molecule has 0 saturated carbocycles. The number of allylic oxidation sites excluding steroid dienone is 1. The van der Waals surface area contributed by atoms with Crippen LogP contribution < -0.4 is 5.32 Å². The molecule has 2 amide bonds. The first kappa shape index (κ1) is 19.7. The van der Waals surface area contributed by atoms with Gasteiger partial charge in [0.1, 0.15) is 11.2 Å². The number of hydrogen-bond acceptors (Lipinski definition) is 5. The quantitative estimate of drug-likeness (QED) is 0.574. The van der Waals surface area contributed by atoms with Crippen LogP contribution in [0.1, 0.15) is 38.4 Å². The number of ether oxygens (including phenoxy) is 1. The molecule has 0 bridgehead atoms. The van der Waals surface area contributed by atoms with Crippen LogP contribution >= 0.6 is 0 Å². The first-order chi connectivity index (χ1) is 13.5. The number of carbonyl (C=O) groups is 3. The largest absolute Gasteiger partial charge is 0.467 e. The lowest BCUT2D eigenvalue weighted by atomic mass is 9.71. The van der Waals surface area contributed by atoms with Crippen molar-refractivity contribution in [1.82, 2.24) is 10.2 Å². The van der Waals surface area contributed by atoms with E-state index in [4.69, 9.17) is 15.6 Å². The molecule has 0 unspecified atom stereocenters. The predicted octanol–water partition coefficient (Wildman–Crippen LogP) is 1.99. The van der Waals surface area contributed by atoms with Gasteiger partial charge in [-0.1, -0.05) is 12.0 Å². The van der Waals surface area contributed by atoms with Crippen LogP contribution in [0.5, 0.6) is 0 Å². The molecule has 148 valence electrons. The normalized spacial score (nSPS) is 23.6. The minimum Gasteiger partial charge on any atom is -0.467 e. The Morgan fingerprint density at radius 1 is 1.50 bits per heavy atom. The van der Waals surface area contributed by atoms with Gasteiger partial charge in [0.15, 0.2) is 0 Å². The molecule has 0 aromatic carbocycles. The molecule has 1 aromatic rings.